The van der Waals surface area contributed by atoms with Crippen LogP contribution in [0, 0.1) is 17.8 Å². The molecule has 3 atom stereocenters. The van der Waals surface area contributed by atoms with E-state index in [0.717, 1.165) is 96.5 Å². The van der Waals surface area contributed by atoms with Crippen LogP contribution < -0.4 is 10.6 Å². The minimum atomic E-state index is -0.451. The normalized spacial score (nSPS) is 31.4. The maximum atomic E-state index is 13.1. The van der Waals surface area contributed by atoms with Crippen LogP contribution in [0.25, 0.3) is 11.1 Å². The Morgan fingerprint density at radius 2 is 1.46 bits per heavy atom. The van der Waals surface area contributed by atoms with Crippen LogP contribution in [-0.4, -0.2) is 47.3 Å². The first-order valence-electron chi connectivity index (χ1n) is 18.5. The van der Waals surface area contributed by atoms with E-state index in [1.54, 1.807) is 0 Å². The third kappa shape index (κ3) is 7.20. The number of hydrogen-bond donors (Lipinski definition) is 3. The molecule has 4 bridgehead atoms. The fraction of sp³-hybridized carbons (Fsp3) is 0.537. The Morgan fingerprint density at radius 1 is 0.771 bits per heavy atom. The van der Waals surface area contributed by atoms with Crippen molar-refractivity contribution in [1.29, 1.82) is 0 Å². The zero-order valence-electron chi connectivity index (χ0n) is 28.1. The number of nitrogens with zero attached hydrogens (tertiary/aromatic N) is 1. The Kier molecular flexibility index (Phi) is 9.30. The molecule has 6 fully saturated rings. The van der Waals surface area contributed by atoms with Crippen LogP contribution in [0.1, 0.15) is 98.9 Å². The minimum Gasteiger partial charge on any atom is -0.392 e. The zero-order chi connectivity index (χ0) is 32.5. The van der Waals surface area contributed by atoms with Gasteiger partial charge in [-0.1, -0.05) is 73.2 Å². The molecular weight excluding hydrogens is 598 g/mol. The second-order valence-electron chi connectivity index (χ2n) is 15.5. The molecule has 3 N–H and O–H groups in total. The van der Waals surface area contributed by atoms with Gasteiger partial charge in [0.25, 0.3) is 0 Å². The first kappa shape index (κ1) is 32.0. The number of carbonyl (C=O) groups is 1. The van der Waals surface area contributed by atoms with Gasteiger partial charge in [0.05, 0.1) is 18.8 Å². The van der Waals surface area contributed by atoms with E-state index in [1.807, 2.05) is 12.1 Å². The second-order valence-corrected chi connectivity index (χ2v) is 15.5. The standard InChI is InChI=1S/C41H51N3O4/c45-27-28-7-9-34(10-8-28)38-21-37(26-44-15-2-1-3-16-44)47-39(48-38)35-13-11-33(12-14-35)36-6-4-5-29(20-36)25-42-40(46)43-41-22-30-17-31(23-41)19-32(18-30)24-41/h4-14,20,30-32,37-39,45H,1-3,15-19,21-27H2,(H2,42,43,46)/t30?,31?,32?,37-,38+,39+,41?/m1/s1. The highest BCUT2D eigenvalue weighted by Gasteiger charge is 2.51. The topological polar surface area (TPSA) is 83.1 Å². The number of aliphatic hydroxyl groups is 1. The molecule has 2 aliphatic heterocycles. The van der Waals surface area contributed by atoms with Crippen molar-refractivity contribution in [2.45, 2.75) is 101 Å². The zero-order valence-corrected chi connectivity index (χ0v) is 28.1. The van der Waals surface area contributed by atoms with Gasteiger partial charge in [-0.15, -0.1) is 0 Å². The van der Waals surface area contributed by atoms with Gasteiger partial charge >= 0.3 is 6.03 Å². The summed E-state index contributed by atoms with van der Waals surface area (Å²) < 4.78 is 13.2. The number of nitrogens with one attached hydrogen (secondary N) is 2. The molecule has 4 aliphatic carbocycles. The Morgan fingerprint density at radius 3 is 2.15 bits per heavy atom. The van der Waals surface area contributed by atoms with Crippen LogP contribution in [0.2, 0.25) is 0 Å². The smallest absolute Gasteiger partial charge is 0.315 e. The number of carbonyl (C=O) groups excluding carboxylic acids is 1. The highest BCUT2D eigenvalue weighted by atomic mass is 16.7. The lowest BCUT2D eigenvalue weighted by atomic mass is 9.53. The van der Waals surface area contributed by atoms with Crippen LogP contribution in [-0.2, 0) is 22.6 Å². The first-order valence-corrected chi connectivity index (χ1v) is 18.5. The summed E-state index contributed by atoms with van der Waals surface area (Å²) in [4.78, 5) is 15.6. The fourth-order valence-electron chi connectivity index (χ4n) is 9.89. The molecule has 0 aromatic heterocycles. The van der Waals surface area contributed by atoms with Crippen LogP contribution in [0.5, 0.6) is 0 Å². The SMILES string of the molecule is O=C(NCc1cccc(-c2ccc([C@H]3O[C@@H](CN4CCCCC4)C[C@@H](c4ccc(CO)cc4)O3)cc2)c1)NC12CC3CC(CC(C3)C1)C2. The summed E-state index contributed by atoms with van der Waals surface area (Å²) in [5.74, 6) is 2.43. The monoisotopic (exact) mass is 649 g/mol. The van der Waals surface area contributed by atoms with Crippen molar-refractivity contribution in [3.63, 3.8) is 0 Å². The van der Waals surface area contributed by atoms with E-state index >= 15 is 0 Å². The highest BCUT2D eigenvalue weighted by Crippen LogP contribution is 2.55. The maximum absolute atomic E-state index is 13.1. The third-order valence-corrected chi connectivity index (χ3v) is 11.8. The molecule has 48 heavy (non-hydrogen) atoms. The number of urea groups is 1. The van der Waals surface area contributed by atoms with Crippen molar-refractivity contribution in [2.75, 3.05) is 19.6 Å². The van der Waals surface area contributed by atoms with Gasteiger partial charge in [-0.2, -0.15) is 0 Å². The van der Waals surface area contributed by atoms with E-state index in [4.69, 9.17) is 9.47 Å². The number of rotatable bonds is 9. The van der Waals surface area contributed by atoms with Gasteiger partial charge < -0.3 is 30.1 Å². The van der Waals surface area contributed by atoms with Crippen molar-refractivity contribution in [2.24, 2.45) is 17.8 Å². The summed E-state index contributed by atoms with van der Waals surface area (Å²) in [6.45, 7) is 3.74. The van der Waals surface area contributed by atoms with E-state index in [1.165, 1.54) is 38.5 Å². The number of ether oxygens (including phenoxy) is 2. The summed E-state index contributed by atoms with van der Waals surface area (Å²) in [6.07, 6.45) is 11.8. The third-order valence-electron chi connectivity index (χ3n) is 11.8. The molecule has 254 valence electrons. The Hall–Kier alpha value is -3.23. The molecule has 2 saturated heterocycles. The van der Waals surface area contributed by atoms with Gasteiger partial charge in [-0.25, -0.2) is 4.79 Å². The van der Waals surface area contributed by atoms with Crippen LogP contribution >= 0.6 is 0 Å². The molecule has 6 aliphatic rings. The molecule has 7 nitrogen and oxygen atoms in total. The van der Waals surface area contributed by atoms with Crippen LogP contribution in [0.15, 0.2) is 72.8 Å². The molecule has 0 spiro atoms. The Labute approximate surface area is 285 Å². The largest absolute Gasteiger partial charge is 0.392 e. The average Bonchev–Trinajstić information content (AvgIpc) is 3.10. The van der Waals surface area contributed by atoms with Crippen molar-refractivity contribution in [1.82, 2.24) is 15.5 Å². The van der Waals surface area contributed by atoms with Gasteiger partial charge in [-0.05, 0) is 116 Å². The van der Waals surface area contributed by atoms with Crippen LogP contribution in [0.4, 0.5) is 4.79 Å². The van der Waals surface area contributed by atoms with Gasteiger partial charge in [0.2, 0.25) is 0 Å². The predicted molar refractivity (Wildman–Crippen MR) is 187 cm³/mol. The van der Waals surface area contributed by atoms with Gasteiger partial charge in [0.1, 0.15) is 0 Å². The van der Waals surface area contributed by atoms with E-state index in [0.29, 0.717) is 6.54 Å². The van der Waals surface area contributed by atoms with Crippen LogP contribution in [0.3, 0.4) is 0 Å². The van der Waals surface area contributed by atoms with E-state index in [2.05, 4.69) is 76.2 Å². The molecule has 7 heteroatoms. The number of amides is 2. The second kappa shape index (κ2) is 13.9. The Balaban J connectivity index is 0.918. The molecule has 9 rings (SSSR count). The lowest BCUT2D eigenvalue weighted by molar-refractivity contribution is -0.253. The molecule has 2 heterocycles. The number of benzene rings is 3. The van der Waals surface area contributed by atoms with E-state index in [-0.39, 0.29) is 30.4 Å². The highest BCUT2D eigenvalue weighted by molar-refractivity contribution is 5.75. The molecule has 3 aromatic carbocycles. The summed E-state index contributed by atoms with van der Waals surface area (Å²) in [5, 5.41) is 16.1. The molecule has 4 saturated carbocycles. The van der Waals surface area contributed by atoms with E-state index in [9.17, 15) is 9.90 Å². The number of likely N-dealkylation sites (tertiary alicyclic amines) is 1. The van der Waals surface area contributed by atoms with Gasteiger partial charge in [0, 0.05) is 30.6 Å². The van der Waals surface area contributed by atoms with E-state index < -0.39 is 6.29 Å². The average molecular weight is 650 g/mol. The first-order chi connectivity index (χ1) is 23.5. The van der Waals surface area contributed by atoms with Crippen molar-refractivity contribution >= 4 is 6.03 Å². The quantitative estimate of drug-likeness (QED) is 0.222. The number of piperidine rings is 1. The molecule has 0 unspecified atom stereocenters. The van der Waals surface area contributed by atoms with Crippen molar-refractivity contribution < 1.29 is 19.4 Å². The van der Waals surface area contributed by atoms with Gasteiger partial charge in [0.15, 0.2) is 6.29 Å². The van der Waals surface area contributed by atoms with Crippen molar-refractivity contribution in [3.8, 4) is 11.1 Å². The number of aliphatic hydroxyl groups excluding tert-OH is 1. The maximum Gasteiger partial charge on any atom is 0.315 e. The molecule has 0 radical (unpaired) electrons. The van der Waals surface area contributed by atoms with Gasteiger partial charge in [-0.3, -0.25) is 0 Å². The molecule has 2 amide bonds. The summed E-state index contributed by atoms with van der Waals surface area (Å²) in [7, 11) is 0. The number of hydrogen-bond acceptors (Lipinski definition) is 5. The summed E-state index contributed by atoms with van der Waals surface area (Å²) >= 11 is 0. The summed E-state index contributed by atoms with van der Waals surface area (Å²) in [6, 6.07) is 25.1. The Bertz CT molecular complexity index is 1520. The minimum absolute atomic E-state index is 0.0201. The predicted octanol–water partition coefficient (Wildman–Crippen LogP) is 7.65. The molecule has 3 aromatic rings. The summed E-state index contributed by atoms with van der Waals surface area (Å²) in [5.41, 5.74) is 6.39. The fourth-order valence-corrected chi connectivity index (χ4v) is 9.89. The molecular formula is C41H51N3O4. The lowest BCUT2D eigenvalue weighted by Crippen LogP contribution is -2.61. The van der Waals surface area contributed by atoms with Crippen molar-refractivity contribution in [3.05, 3.63) is 95.1 Å². The lowest BCUT2D eigenvalue weighted by Gasteiger charge is -2.56.